The lowest BCUT2D eigenvalue weighted by molar-refractivity contribution is 0.0651. The molecule has 1 aromatic heterocycles. The van der Waals surface area contributed by atoms with Crippen molar-refractivity contribution in [3.8, 4) is 0 Å². The van der Waals surface area contributed by atoms with E-state index >= 15 is 0 Å². The molecule has 1 aromatic rings. The fourth-order valence-electron chi connectivity index (χ4n) is 3.66. The number of aromatic nitrogens is 2. The van der Waals surface area contributed by atoms with E-state index in [-0.39, 0.29) is 24.4 Å². The van der Waals surface area contributed by atoms with Crippen molar-refractivity contribution in [1.82, 2.24) is 19.8 Å². The standard InChI is InChI=1S/C16H24F2N4O/c1-21(10-14-19-7-8-22(14)15(17)18)16(23)20-13-9-12(13)11-5-3-2-4-6-11/h7-8,11-13,15H,2-6,9-10H2,1H3,(H,20,23)/t12-,13+/m0/s1. The van der Waals surface area contributed by atoms with Crippen LogP contribution in [-0.2, 0) is 6.54 Å². The Morgan fingerprint density at radius 3 is 2.87 bits per heavy atom. The van der Waals surface area contributed by atoms with E-state index in [1.54, 1.807) is 7.05 Å². The van der Waals surface area contributed by atoms with Crippen molar-refractivity contribution in [2.45, 2.75) is 57.7 Å². The van der Waals surface area contributed by atoms with Gasteiger partial charge in [-0.15, -0.1) is 0 Å². The maximum atomic E-state index is 12.8. The summed E-state index contributed by atoms with van der Waals surface area (Å²) >= 11 is 0. The number of imidazole rings is 1. The van der Waals surface area contributed by atoms with Crippen LogP contribution in [0.2, 0.25) is 0 Å². The Balaban J connectivity index is 1.48. The first-order valence-electron chi connectivity index (χ1n) is 8.37. The van der Waals surface area contributed by atoms with E-state index in [1.165, 1.54) is 49.4 Å². The van der Waals surface area contributed by atoms with Crippen molar-refractivity contribution < 1.29 is 13.6 Å². The van der Waals surface area contributed by atoms with E-state index in [0.29, 0.717) is 5.92 Å². The lowest BCUT2D eigenvalue weighted by Crippen LogP contribution is -2.39. The van der Waals surface area contributed by atoms with Crippen LogP contribution in [0.3, 0.4) is 0 Å². The maximum Gasteiger partial charge on any atom is 0.319 e. The zero-order valence-corrected chi connectivity index (χ0v) is 13.4. The highest BCUT2D eigenvalue weighted by molar-refractivity contribution is 5.74. The molecular formula is C16H24F2N4O. The monoisotopic (exact) mass is 326 g/mol. The second-order valence-corrected chi connectivity index (χ2v) is 6.74. The zero-order chi connectivity index (χ0) is 16.4. The number of urea groups is 1. The van der Waals surface area contributed by atoms with E-state index in [4.69, 9.17) is 0 Å². The summed E-state index contributed by atoms with van der Waals surface area (Å²) in [4.78, 5) is 17.5. The Hall–Kier alpha value is -1.66. The van der Waals surface area contributed by atoms with Gasteiger partial charge in [-0.1, -0.05) is 32.1 Å². The van der Waals surface area contributed by atoms with E-state index in [2.05, 4.69) is 10.3 Å². The van der Waals surface area contributed by atoms with Gasteiger partial charge < -0.3 is 10.2 Å². The molecule has 2 aliphatic carbocycles. The van der Waals surface area contributed by atoms with Gasteiger partial charge in [-0.05, 0) is 18.3 Å². The molecule has 2 fully saturated rings. The molecule has 7 heteroatoms. The molecule has 5 nitrogen and oxygen atoms in total. The third kappa shape index (κ3) is 3.82. The minimum Gasteiger partial charge on any atom is -0.335 e. The van der Waals surface area contributed by atoms with E-state index in [0.717, 1.165) is 16.9 Å². The highest BCUT2D eigenvalue weighted by Crippen LogP contribution is 2.44. The predicted octanol–water partition coefficient (Wildman–Crippen LogP) is 3.39. The van der Waals surface area contributed by atoms with Gasteiger partial charge in [0.15, 0.2) is 0 Å². The van der Waals surface area contributed by atoms with Crippen molar-refractivity contribution in [1.29, 1.82) is 0 Å². The van der Waals surface area contributed by atoms with Crippen molar-refractivity contribution in [2.75, 3.05) is 7.05 Å². The SMILES string of the molecule is CN(Cc1nccn1C(F)F)C(=O)N[C@@H]1C[C@H]1C1CCCCC1. The summed E-state index contributed by atoms with van der Waals surface area (Å²) in [5.74, 6) is 1.55. The first-order chi connectivity index (χ1) is 11.1. The van der Waals surface area contributed by atoms with Crippen molar-refractivity contribution in [3.63, 3.8) is 0 Å². The fraction of sp³-hybridized carbons (Fsp3) is 0.750. The Kier molecular flexibility index (Phi) is 4.82. The topological polar surface area (TPSA) is 50.2 Å². The number of carbonyl (C=O) groups is 1. The zero-order valence-electron chi connectivity index (χ0n) is 13.4. The highest BCUT2D eigenvalue weighted by Gasteiger charge is 2.44. The lowest BCUT2D eigenvalue weighted by Gasteiger charge is -2.22. The molecule has 1 N–H and O–H groups in total. The average Bonchev–Trinajstić information content (AvgIpc) is 3.14. The van der Waals surface area contributed by atoms with Crippen molar-refractivity contribution in [2.24, 2.45) is 11.8 Å². The first-order valence-corrected chi connectivity index (χ1v) is 8.37. The number of rotatable bonds is 5. The van der Waals surface area contributed by atoms with Gasteiger partial charge in [-0.3, -0.25) is 4.57 Å². The molecule has 1 heterocycles. The van der Waals surface area contributed by atoms with Gasteiger partial charge in [0.05, 0.1) is 6.54 Å². The maximum absolute atomic E-state index is 12.8. The van der Waals surface area contributed by atoms with E-state index in [9.17, 15) is 13.6 Å². The summed E-state index contributed by atoms with van der Waals surface area (Å²) in [6.45, 7) is -2.56. The van der Waals surface area contributed by atoms with Gasteiger partial charge in [0.1, 0.15) is 5.82 Å². The van der Waals surface area contributed by atoms with Crippen molar-refractivity contribution >= 4 is 6.03 Å². The minimum absolute atomic E-state index is 0.0734. The molecule has 0 unspecified atom stereocenters. The number of carbonyl (C=O) groups excluding carboxylic acids is 1. The lowest BCUT2D eigenvalue weighted by atomic mass is 9.85. The summed E-state index contributed by atoms with van der Waals surface area (Å²) in [5.41, 5.74) is 0. The number of alkyl halides is 2. The number of nitrogens with zero attached hydrogens (tertiary/aromatic N) is 3. The Bertz CT molecular complexity index is 542. The van der Waals surface area contributed by atoms with Crippen molar-refractivity contribution in [3.05, 3.63) is 18.2 Å². The Morgan fingerprint density at radius 2 is 2.17 bits per heavy atom. The Morgan fingerprint density at radius 1 is 1.43 bits per heavy atom. The molecule has 0 aliphatic heterocycles. The van der Waals surface area contributed by atoms with E-state index < -0.39 is 6.55 Å². The molecule has 2 aliphatic rings. The third-order valence-electron chi connectivity index (χ3n) is 5.09. The largest absolute Gasteiger partial charge is 0.335 e. The molecular weight excluding hydrogens is 302 g/mol. The molecule has 0 spiro atoms. The van der Waals surface area contributed by atoms with Gasteiger partial charge in [0.2, 0.25) is 0 Å². The van der Waals surface area contributed by atoms with Crippen LogP contribution in [-0.4, -0.2) is 33.6 Å². The predicted molar refractivity (Wildman–Crippen MR) is 81.9 cm³/mol. The molecule has 128 valence electrons. The van der Waals surface area contributed by atoms with Crippen LogP contribution in [0.15, 0.2) is 12.4 Å². The second kappa shape index (κ2) is 6.84. The smallest absolute Gasteiger partial charge is 0.319 e. The molecule has 3 rings (SSSR count). The van der Waals surface area contributed by atoms with Crippen LogP contribution >= 0.6 is 0 Å². The van der Waals surface area contributed by atoms with Gasteiger partial charge in [0, 0.05) is 25.5 Å². The van der Waals surface area contributed by atoms with Gasteiger partial charge >= 0.3 is 12.6 Å². The highest BCUT2D eigenvalue weighted by atomic mass is 19.3. The van der Waals surface area contributed by atoms with Crippen LogP contribution in [0.5, 0.6) is 0 Å². The molecule has 0 bridgehead atoms. The van der Waals surface area contributed by atoms with Crippen LogP contribution < -0.4 is 5.32 Å². The molecule has 0 aromatic carbocycles. The molecule has 2 saturated carbocycles. The number of hydrogen-bond acceptors (Lipinski definition) is 2. The second-order valence-electron chi connectivity index (χ2n) is 6.74. The number of hydrogen-bond donors (Lipinski definition) is 1. The Labute approximate surface area is 135 Å². The third-order valence-corrected chi connectivity index (χ3v) is 5.09. The molecule has 23 heavy (non-hydrogen) atoms. The van der Waals surface area contributed by atoms with Crippen LogP contribution in [0, 0.1) is 11.8 Å². The van der Waals surface area contributed by atoms with Crippen LogP contribution in [0.25, 0.3) is 0 Å². The molecule has 0 saturated heterocycles. The van der Waals surface area contributed by atoms with Gasteiger partial charge in [-0.2, -0.15) is 8.78 Å². The quantitative estimate of drug-likeness (QED) is 0.902. The van der Waals surface area contributed by atoms with E-state index in [1.807, 2.05) is 0 Å². The summed E-state index contributed by atoms with van der Waals surface area (Å²) in [5, 5.41) is 3.02. The number of halogens is 2. The van der Waals surface area contributed by atoms with Gasteiger partial charge in [0.25, 0.3) is 0 Å². The summed E-state index contributed by atoms with van der Waals surface area (Å²) in [6.07, 6.45) is 10.1. The first kappa shape index (κ1) is 16.2. The fourth-order valence-corrected chi connectivity index (χ4v) is 3.66. The number of nitrogens with one attached hydrogen (secondary N) is 1. The molecule has 2 amide bonds. The summed E-state index contributed by atoms with van der Waals surface area (Å²) in [7, 11) is 1.61. The number of amides is 2. The summed E-state index contributed by atoms with van der Waals surface area (Å²) < 4.78 is 26.4. The minimum atomic E-state index is -2.64. The summed E-state index contributed by atoms with van der Waals surface area (Å²) in [6, 6.07) is 0.0417. The molecule has 0 radical (unpaired) electrons. The van der Waals surface area contributed by atoms with Crippen LogP contribution in [0.1, 0.15) is 50.9 Å². The average molecular weight is 326 g/mol. The van der Waals surface area contributed by atoms with Gasteiger partial charge in [-0.25, -0.2) is 9.78 Å². The normalized spacial score (nSPS) is 24.7. The van der Waals surface area contributed by atoms with Crippen LogP contribution in [0.4, 0.5) is 13.6 Å². The molecule has 2 atom stereocenters.